The summed E-state index contributed by atoms with van der Waals surface area (Å²) in [6.07, 6.45) is 1.09. The van der Waals surface area contributed by atoms with Crippen molar-refractivity contribution in [2.75, 3.05) is 21.1 Å². The van der Waals surface area contributed by atoms with Gasteiger partial charge in [-0.25, -0.2) is 0 Å². The summed E-state index contributed by atoms with van der Waals surface area (Å²) in [5.74, 6) is 0.312. The van der Waals surface area contributed by atoms with E-state index in [4.69, 9.17) is 10.5 Å². The number of carbonyl (C=O) groups excluding carboxylic acids is 1. The van der Waals surface area contributed by atoms with Crippen molar-refractivity contribution in [1.82, 2.24) is 4.48 Å². The molecule has 2 N–H and O–H groups in total. The first kappa shape index (κ1) is 18.2. The Morgan fingerprint density at radius 1 is 1.19 bits per heavy atom. The van der Waals surface area contributed by atoms with Gasteiger partial charge in [-0.3, -0.25) is 9.28 Å². The van der Waals surface area contributed by atoms with E-state index in [0.29, 0.717) is 34.2 Å². The molecule has 0 unspecified atom stereocenters. The summed E-state index contributed by atoms with van der Waals surface area (Å²) in [6.45, 7) is 4.09. The van der Waals surface area contributed by atoms with E-state index in [1.807, 2.05) is 38.1 Å². The second-order valence-electron chi connectivity index (χ2n) is 8.81. The number of hydrogen-bond acceptors (Lipinski definition) is 4. The van der Waals surface area contributed by atoms with Crippen LogP contribution in [-0.4, -0.2) is 26.9 Å². The minimum absolute atomic E-state index is 0.0391. The van der Waals surface area contributed by atoms with Crippen molar-refractivity contribution in [1.29, 1.82) is 5.26 Å². The Labute approximate surface area is 154 Å². The monoisotopic (exact) mass is 352 g/mol. The number of ketones is 1. The topological polar surface area (TPSA) is 76.1 Å². The number of quaternary nitrogens is 1. The minimum atomic E-state index is -0.450. The highest BCUT2D eigenvalue weighted by atomic mass is 16.5. The lowest BCUT2D eigenvalue weighted by Crippen LogP contribution is -2.35. The van der Waals surface area contributed by atoms with Gasteiger partial charge < -0.3 is 10.5 Å². The van der Waals surface area contributed by atoms with Crippen molar-refractivity contribution in [2.24, 2.45) is 11.1 Å². The summed E-state index contributed by atoms with van der Waals surface area (Å²) in [5, 5.41) is 9.65. The molecule has 5 heteroatoms. The molecular formula is C21H26N3O2+. The molecule has 26 heavy (non-hydrogen) atoms. The van der Waals surface area contributed by atoms with Crippen molar-refractivity contribution in [3.8, 4) is 6.07 Å². The third-order valence-electron chi connectivity index (χ3n) is 5.08. The van der Waals surface area contributed by atoms with Crippen LogP contribution in [-0.2, 0) is 9.53 Å². The highest BCUT2D eigenvalue weighted by Gasteiger charge is 2.42. The maximum absolute atomic E-state index is 12.9. The largest absolute Gasteiger partial charge is 0.444 e. The molecule has 5 nitrogen and oxygen atoms in total. The highest BCUT2D eigenvalue weighted by molar-refractivity contribution is 6.00. The van der Waals surface area contributed by atoms with E-state index in [2.05, 4.69) is 27.2 Å². The molecule has 0 spiro atoms. The number of hydrogen-bond donors (Lipinski definition) is 1. The number of nitrogens with zero attached hydrogens (tertiary/aromatic N) is 2. The third-order valence-corrected chi connectivity index (χ3v) is 5.08. The second-order valence-corrected chi connectivity index (χ2v) is 8.81. The lowest BCUT2D eigenvalue weighted by Gasteiger charge is -2.37. The van der Waals surface area contributed by atoms with Gasteiger partial charge in [0.15, 0.2) is 5.78 Å². The fourth-order valence-corrected chi connectivity index (χ4v) is 3.73. The van der Waals surface area contributed by atoms with Crippen LogP contribution in [0, 0.1) is 16.7 Å². The van der Waals surface area contributed by atoms with E-state index < -0.39 is 5.92 Å². The zero-order valence-corrected chi connectivity index (χ0v) is 16.1. The maximum atomic E-state index is 12.9. The van der Waals surface area contributed by atoms with Crippen molar-refractivity contribution >= 4 is 11.5 Å². The van der Waals surface area contributed by atoms with Gasteiger partial charge in [0.1, 0.15) is 23.1 Å². The maximum Gasteiger partial charge on any atom is 0.205 e. The predicted molar refractivity (Wildman–Crippen MR) is 102 cm³/mol. The number of rotatable bonds is 2. The number of nitrogens with two attached hydrogens (primary N) is 1. The number of carbonyl (C=O) groups is 1. The van der Waals surface area contributed by atoms with Crippen LogP contribution < -0.4 is 10.2 Å². The van der Waals surface area contributed by atoms with Gasteiger partial charge in [0, 0.05) is 18.4 Å². The Bertz CT molecular complexity index is 862. The lowest BCUT2D eigenvalue weighted by atomic mass is 9.70. The fraction of sp³-hybridized carbons (Fsp3) is 0.429. The van der Waals surface area contributed by atoms with E-state index in [0.717, 1.165) is 11.3 Å². The van der Waals surface area contributed by atoms with E-state index >= 15 is 0 Å². The number of allylic oxidation sites excluding steroid dienone is 3. The van der Waals surface area contributed by atoms with Crippen molar-refractivity contribution in [3.63, 3.8) is 0 Å². The molecule has 3 rings (SSSR count). The molecule has 0 saturated carbocycles. The molecule has 1 aliphatic carbocycles. The molecule has 1 aromatic carbocycles. The zero-order valence-electron chi connectivity index (χ0n) is 16.1. The molecule has 0 amide bonds. The summed E-state index contributed by atoms with van der Waals surface area (Å²) in [5.41, 5.74) is 8.82. The molecular weight excluding hydrogens is 326 g/mol. The van der Waals surface area contributed by atoms with Gasteiger partial charge >= 0.3 is 0 Å². The van der Waals surface area contributed by atoms with Crippen LogP contribution in [0.4, 0.5) is 5.69 Å². The average Bonchev–Trinajstić information content (AvgIpc) is 2.51. The third kappa shape index (κ3) is 3.13. The van der Waals surface area contributed by atoms with Gasteiger partial charge in [0.2, 0.25) is 5.88 Å². The van der Waals surface area contributed by atoms with Gasteiger partial charge in [0.05, 0.1) is 27.1 Å². The van der Waals surface area contributed by atoms with Crippen LogP contribution in [0.15, 0.2) is 47.1 Å². The van der Waals surface area contributed by atoms with Gasteiger partial charge in [-0.15, -0.1) is 0 Å². The van der Waals surface area contributed by atoms with Gasteiger partial charge in [-0.05, 0) is 23.1 Å². The highest BCUT2D eigenvalue weighted by Crippen LogP contribution is 2.47. The Hall–Kier alpha value is -2.58. The predicted octanol–water partition coefficient (Wildman–Crippen LogP) is 3.33. The molecule has 1 aliphatic heterocycles. The summed E-state index contributed by atoms with van der Waals surface area (Å²) in [4.78, 5) is 12.9. The van der Waals surface area contributed by atoms with E-state index in [9.17, 15) is 10.1 Å². The summed E-state index contributed by atoms with van der Waals surface area (Å²) in [6, 6.07) is 10.2. The van der Waals surface area contributed by atoms with E-state index in [1.54, 1.807) is 0 Å². The van der Waals surface area contributed by atoms with E-state index in [1.165, 1.54) is 0 Å². The Morgan fingerprint density at radius 3 is 2.35 bits per heavy atom. The SMILES string of the molecule is CC1(C)CC(=O)C2=C(C1)OC(N)=C(C#N)[C@H]2c1ccc([N+](C)(C)C)cc1. The smallest absolute Gasteiger partial charge is 0.205 e. The van der Waals surface area contributed by atoms with Crippen molar-refractivity contribution < 1.29 is 9.53 Å². The molecule has 1 atom stereocenters. The average molecular weight is 352 g/mol. The summed E-state index contributed by atoms with van der Waals surface area (Å²) >= 11 is 0. The van der Waals surface area contributed by atoms with Gasteiger partial charge in [0.25, 0.3) is 0 Å². The van der Waals surface area contributed by atoms with Crippen LogP contribution >= 0.6 is 0 Å². The quantitative estimate of drug-likeness (QED) is 0.828. The zero-order chi connectivity index (χ0) is 19.3. The van der Waals surface area contributed by atoms with Crippen LogP contribution in [0.5, 0.6) is 0 Å². The van der Waals surface area contributed by atoms with Crippen molar-refractivity contribution in [2.45, 2.75) is 32.6 Å². The second kappa shape index (κ2) is 6.00. The summed E-state index contributed by atoms with van der Waals surface area (Å²) in [7, 11) is 6.28. The number of ether oxygens (including phenoxy) is 1. The van der Waals surface area contributed by atoms with Crippen LogP contribution in [0.1, 0.15) is 38.2 Å². The molecule has 136 valence electrons. The van der Waals surface area contributed by atoms with Gasteiger partial charge in [-0.2, -0.15) is 5.26 Å². The molecule has 0 saturated heterocycles. The molecule has 0 aromatic heterocycles. The van der Waals surface area contributed by atoms with Gasteiger partial charge in [-0.1, -0.05) is 26.0 Å². The molecule has 1 aromatic rings. The summed E-state index contributed by atoms with van der Waals surface area (Å²) < 4.78 is 6.41. The molecule has 0 bridgehead atoms. The number of nitriles is 1. The first-order valence-corrected chi connectivity index (χ1v) is 8.79. The number of benzene rings is 1. The first-order valence-electron chi connectivity index (χ1n) is 8.79. The molecule has 1 heterocycles. The van der Waals surface area contributed by atoms with Crippen LogP contribution in [0.2, 0.25) is 0 Å². The minimum Gasteiger partial charge on any atom is -0.444 e. The number of Topliss-reactive ketones (excluding diaryl/α,β-unsaturated/α-hetero) is 1. The lowest BCUT2D eigenvalue weighted by molar-refractivity contribution is -0.119. The molecule has 0 fully saturated rings. The Balaban J connectivity index is 2.12. The Morgan fingerprint density at radius 2 is 1.81 bits per heavy atom. The normalized spacial score (nSPS) is 22.6. The first-order chi connectivity index (χ1) is 12.0. The fourth-order valence-electron chi connectivity index (χ4n) is 3.73. The van der Waals surface area contributed by atoms with E-state index in [-0.39, 0.29) is 17.1 Å². The standard InChI is InChI=1S/C21H26N3O2/c1-21(2)10-16(25)19-17(11-21)26-20(23)15(12-22)18(19)13-6-8-14(9-7-13)24(3,4)5/h6-9,18H,10-11,23H2,1-5H3/q+1/t18-/m1/s1. The van der Waals surface area contributed by atoms with Crippen molar-refractivity contribution in [3.05, 3.63) is 52.6 Å². The molecule has 0 radical (unpaired) electrons. The van der Waals surface area contributed by atoms with Crippen LogP contribution in [0.25, 0.3) is 0 Å². The molecule has 2 aliphatic rings. The van der Waals surface area contributed by atoms with Crippen LogP contribution in [0.3, 0.4) is 0 Å². The Kier molecular flexibility index (Phi) is 4.20.